The Balaban J connectivity index is 2.51. The second kappa shape index (κ2) is 7.46. The van der Waals surface area contributed by atoms with Gasteiger partial charge in [-0.2, -0.15) is 0 Å². The molecule has 0 atom stereocenters. The van der Waals surface area contributed by atoms with Crippen molar-refractivity contribution >= 4 is 0 Å². The Morgan fingerprint density at radius 1 is 1.06 bits per heavy atom. The van der Waals surface area contributed by atoms with E-state index < -0.39 is 0 Å². The maximum atomic E-state index is 5.67. The van der Waals surface area contributed by atoms with Gasteiger partial charge in [-0.1, -0.05) is 38.1 Å². The van der Waals surface area contributed by atoms with Gasteiger partial charge in [-0.3, -0.25) is 0 Å². The summed E-state index contributed by atoms with van der Waals surface area (Å²) in [6.45, 7) is 11.3. The van der Waals surface area contributed by atoms with E-state index in [2.05, 4.69) is 57.3 Å². The van der Waals surface area contributed by atoms with Crippen LogP contribution in [0.4, 0.5) is 0 Å². The molecule has 0 spiro atoms. The van der Waals surface area contributed by atoms with Crippen LogP contribution in [0.1, 0.15) is 38.8 Å². The average Bonchev–Trinajstić information content (AvgIpc) is 2.27. The molecule has 0 bridgehead atoms. The Morgan fingerprint density at radius 3 is 2.29 bits per heavy atom. The van der Waals surface area contributed by atoms with Crippen molar-refractivity contribution < 1.29 is 4.74 Å². The average molecular weight is 235 g/mol. The summed E-state index contributed by atoms with van der Waals surface area (Å²) in [6, 6.07) is 8.48. The molecule has 0 aromatic heterocycles. The third-order valence-electron chi connectivity index (χ3n) is 2.56. The predicted molar refractivity (Wildman–Crippen MR) is 72.9 cm³/mol. The van der Waals surface area contributed by atoms with E-state index in [1.165, 1.54) is 11.1 Å². The van der Waals surface area contributed by atoms with Crippen LogP contribution in [0, 0.1) is 5.92 Å². The summed E-state index contributed by atoms with van der Waals surface area (Å²) in [5.74, 6) is 0.689. The Hall–Kier alpha value is -0.860. The largest absolute Gasteiger partial charge is 0.374 e. The Bertz CT molecular complexity index is 320. The molecule has 0 aliphatic carbocycles. The number of nitrogens with one attached hydrogen (secondary N) is 1. The SMILES string of the molecule is CC(C)CNCc1ccccc1COC(C)C. The monoisotopic (exact) mass is 235 g/mol. The minimum absolute atomic E-state index is 0.284. The van der Waals surface area contributed by atoms with Gasteiger partial charge in [-0.05, 0) is 37.4 Å². The van der Waals surface area contributed by atoms with E-state index in [1.807, 2.05) is 0 Å². The van der Waals surface area contributed by atoms with Crippen LogP contribution in [0.25, 0.3) is 0 Å². The second-order valence-corrected chi connectivity index (χ2v) is 5.15. The minimum atomic E-state index is 0.284. The number of benzene rings is 1. The molecule has 0 radical (unpaired) electrons. The van der Waals surface area contributed by atoms with Crippen LogP contribution in [0.2, 0.25) is 0 Å². The third kappa shape index (κ3) is 5.85. The molecular formula is C15H25NO. The van der Waals surface area contributed by atoms with Crippen molar-refractivity contribution in [2.24, 2.45) is 5.92 Å². The first-order valence-corrected chi connectivity index (χ1v) is 6.48. The van der Waals surface area contributed by atoms with Crippen molar-refractivity contribution in [1.82, 2.24) is 5.32 Å². The molecule has 0 aliphatic heterocycles. The van der Waals surface area contributed by atoms with Crippen LogP contribution >= 0.6 is 0 Å². The first kappa shape index (κ1) is 14.2. The molecule has 0 amide bonds. The van der Waals surface area contributed by atoms with Gasteiger partial charge in [-0.25, -0.2) is 0 Å². The molecular weight excluding hydrogens is 210 g/mol. The Labute approximate surface area is 105 Å². The number of rotatable bonds is 7. The van der Waals surface area contributed by atoms with Gasteiger partial charge in [0, 0.05) is 6.54 Å². The van der Waals surface area contributed by atoms with Crippen molar-refractivity contribution in [1.29, 1.82) is 0 Å². The molecule has 96 valence electrons. The van der Waals surface area contributed by atoms with E-state index in [1.54, 1.807) is 0 Å². The highest BCUT2D eigenvalue weighted by atomic mass is 16.5. The molecule has 2 heteroatoms. The fourth-order valence-electron chi connectivity index (χ4n) is 1.62. The summed E-state index contributed by atoms with van der Waals surface area (Å²) in [7, 11) is 0. The zero-order chi connectivity index (χ0) is 12.7. The molecule has 0 heterocycles. The van der Waals surface area contributed by atoms with Crippen molar-refractivity contribution in [3.8, 4) is 0 Å². The van der Waals surface area contributed by atoms with Crippen molar-refractivity contribution in [2.45, 2.75) is 47.0 Å². The van der Waals surface area contributed by atoms with Crippen molar-refractivity contribution in [2.75, 3.05) is 6.54 Å². The summed E-state index contributed by atoms with van der Waals surface area (Å²) in [5, 5.41) is 3.47. The van der Waals surface area contributed by atoms with E-state index in [0.717, 1.165) is 13.1 Å². The van der Waals surface area contributed by atoms with Crippen LogP contribution in [0.5, 0.6) is 0 Å². The molecule has 17 heavy (non-hydrogen) atoms. The van der Waals surface area contributed by atoms with E-state index in [4.69, 9.17) is 4.74 Å². The second-order valence-electron chi connectivity index (χ2n) is 5.15. The maximum Gasteiger partial charge on any atom is 0.0723 e. The van der Waals surface area contributed by atoms with Gasteiger partial charge in [0.15, 0.2) is 0 Å². The summed E-state index contributed by atoms with van der Waals surface area (Å²) < 4.78 is 5.67. The smallest absolute Gasteiger partial charge is 0.0723 e. The summed E-state index contributed by atoms with van der Waals surface area (Å²) in [4.78, 5) is 0. The summed E-state index contributed by atoms with van der Waals surface area (Å²) >= 11 is 0. The number of ether oxygens (including phenoxy) is 1. The van der Waals surface area contributed by atoms with E-state index in [9.17, 15) is 0 Å². The van der Waals surface area contributed by atoms with Crippen LogP contribution in [-0.4, -0.2) is 12.6 Å². The summed E-state index contributed by atoms with van der Waals surface area (Å²) in [6.07, 6.45) is 0.284. The first-order valence-electron chi connectivity index (χ1n) is 6.48. The van der Waals surface area contributed by atoms with Crippen molar-refractivity contribution in [3.05, 3.63) is 35.4 Å². The normalized spacial score (nSPS) is 11.4. The fraction of sp³-hybridized carbons (Fsp3) is 0.600. The number of hydrogen-bond donors (Lipinski definition) is 1. The highest BCUT2D eigenvalue weighted by Crippen LogP contribution is 2.11. The van der Waals surface area contributed by atoms with Crippen LogP contribution < -0.4 is 5.32 Å². The fourth-order valence-corrected chi connectivity index (χ4v) is 1.62. The Kier molecular flexibility index (Phi) is 6.23. The molecule has 0 unspecified atom stereocenters. The van der Waals surface area contributed by atoms with Crippen LogP contribution in [0.3, 0.4) is 0 Å². The van der Waals surface area contributed by atoms with E-state index in [0.29, 0.717) is 12.5 Å². The molecule has 1 aromatic carbocycles. The molecule has 1 rings (SSSR count). The zero-order valence-corrected chi connectivity index (χ0v) is 11.5. The maximum absolute atomic E-state index is 5.67. The molecule has 1 aromatic rings. The lowest BCUT2D eigenvalue weighted by Crippen LogP contribution is -2.20. The molecule has 0 fully saturated rings. The van der Waals surface area contributed by atoms with Crippen LogP contribution in [0.15, 0.2) is 24.3 Å². The van der Waals surface area contributed by atoms with Crippen molar-refractivity contribution in [3.63, 3.8) is 0 Å². The van der Waals surface area contributed by atoms with E-state index >= 15 is 0 Å². The number of hydrogen-bond acceptors (Lipinski definition) is 2. The van der Waals surface area contributed by atoms with E-state index in [-0.39, 0.29) is 6.10 Å². The van der Waals surface area contributed by atoms with Gasteiger partial charge in [0.05, 0.1) is 12.7 Å². The Morgan fingerprint density at radius 2 is 1.71 bits per heavy atom. The van der Waals surface area contributed by atoms with Gasteiger partial charge in [-0.15, -0.1) is 0 Å². The molecule has 0 aliphatic rings. The highest BCUT2D eigenvalue weighted by molar-refractivity contribution is 5.26. The lowest BCUT2D eigenvalue weighted by molar-refractivity contribution is 0.0652. The van der Waals surface area contributed by atoms with Gasteiger partial charge >= 0.3 is 0 Å². The van der Waals surface area contributed by atoms with Gasteiger partial charge in [0.1, 0.15) is 0 Å². The lowest BCUT2D eigenvalue weighted by atomic mass is 10.1. The molecule has 0 saturated carbocycles. The molecule has 0 saturated heterocycles. The molecule has 1 N–H and O–H groups in total. The highest BCUT2D eigenvalue weighted by Gasteiger charge is 2.03. The van der Waals surface area contributed by atoms with Gasteiger partial charge in [0.25, 0.3) is 0 Å². The zero-order valence-electron chi connectivity index (χ0n) is 11.5. The minimum Gasteiger partial charge on any atom is -0.374 e. The predicted octanol–water partition coefficient (Wildman–Crippen LogP) is 3.36. The molecule has 2 nitrogen and oxygen atoms in total. The third-order valence-corrected chi connectivity index (χ3v) is 2.56. The quantitative estimate of drug-likeness (QED) is 0.782. The standard InChI is InChI=1S/C15H25NO/c1-12(2)9-16-10-14-7-5-6-8-15(14)11-17-13(3)4/h5-8,12-13,16H,9-11H2,1-4H3. The first-order chi connectivity index (χ1) is 8.09. The van der Waals surface area contributed by atoms with Gasteiger partial charge < -0.3 is 10.1 Å². The summed E-state index contributed by atoms with van der Waals surface area (Å²) in [5.41, 5.74) is 2.63. The lowest BCUT2D eigenvalue weighted by Gasteiger charge is -2.13. The topological polar surface area (TPSA) is 21.3 Å². The van der Waals surface area contributed by atoms with Crippen LogP contribution in [-0.2, 0) is 17.9 Å². The van der Waals surface area contributed by atoms with Gasteiger partial charge in [0.2, 0.25) is 0 Å².